The first-order valence-corrected chi connectivity index (χ1v) is 10.9. The van der Waals surface area contributed by atoms with E-state index in [1.807, 2.05) is 30.3 Å². The van der Waals surface area contributed by atoms with Gasteiger partial charge < -0.3 is 15.0 Å². The molecular weight excluding hydrogens is 426 g/mol. The van der Waals surface area contributed by atoms with Crippen LogP contribution in [0.4, 0.5) is 11.5 Å². The van der Waals surface area contributed by atoms with E-state index < -0.39 is 4.92 Å². The van der Waals surface area contributed by atoms with Crippen molar-refractivity contribution in [2.24, 2.45) is 0 Å². The molecule has 1 saturated heterocycles. The van der Waals surface area contributed by atoms with Crippen LogP contribution < -0.4 is 4.90 Å². The average Bonchev–Trinajstić information content (AvgIpc) is 3.19. The second-order valence-electron chi connectivity index (χ2n) is 7.61. The lowest BCUT2D eigenvalue weighted by Crippen LogP contribution is -2.47. The van der Waals surface area contributed by atoms with E-state index in [-0.39, 0.29) is 18.4 Å². The fourth-order valence-corrected chi connectivity index (χ4v) is 4.20. The molecule has 1 aromatic heterocycles. The summed E-state index contributed by atoms with van der Waals surface area (Å²) >= 11 is 6.52. The Kier molecular flexibility index (Phi) is 6.74. The number of piperazine rings is 1. The minimum Gasteiger partial charge on any atom is -0.369 e. The fourth-order valence-electron chi connectivity index (χ4n) is 3.96. The van der Waals surface area contributed by atoms with Gasteiger partial charge >= 0.3 is 5.82 Å². The van der Waals surface area contributed by atoms with Gasteiger partial charge in [-0.15, -0.1) is 0 Å². The highest BCUT2D eigenvalue weighted by atomic mass is 35.5. The van der Waals surface area contributed by atoms with Crippen molar-refractivity contribution >= 4 is 23.1 Å². The van der Waals surface area contributed by atoms with Crippen molar-refractivity contribution in [2.75, 3.05) is 31.1 Å². The van der Waals surface area contributed by atoms with Gasteiger partial charge in [0.2, 0.25) is 0 Å². The molecule has 0 saturated carbocycles. The van der Waals surface area contributed by atoms with Crippen LogP contribution in [-0.2, 0) is 6.54 Å². The molecule has 2 aromatic carbocycles. The molecule has 3 aromatic rings. The van der Waals surface area contributed by atoms with E-state index in [0.29, 0.717) is 10.8 Å². The summed E-state index contributed by atoms with van der Waals surface area (Å²) < 4.78 is 1.52. The largest absolute Gasteiger partial charge is 0.369 e. The van der Waals surface area contributed by atoms with Crippen molar-refractivity contribution < 1.29 is 4.92 Å². The maximum atomic E-state index is 11.3. The van der Waals surface area contributed by atoms with Gasteiger partial charge in [0, 0.05) is 43.8 Å². The lowest BCUT2D eigenvalue weighted by Gasteiger charge is -2.39. The number of imidazole rings is 1. The molecule has 7 nitrogen and oxygen atoms in total. The monoisotopic (exact) mass is 449 g/mol. The van der Waals surface area contributed by atoms with Gasteiger partial charge in [-0.05, 0) is 28.7 Å². The van der Waals surface area contributed by atoms with Crippen molar-refractivity contribution in [3.63, 3.8) is 0 Å². The molecule has 0 aliphatic carbocycles. The van der Waals surface area contributed by atoms with Gasteiger partial charge in [-0.1, -0.05) is 59.8 Å². The molecule has 1 fully saturated rings. The van der Waals surface area contributed by atoms with E-state index >= 15 is 0 Å². The number of rotatable bonds is 5. The van der Waals surface area contributed by atoms with E-state index in [1.165, 1.54) is 16.5 Å². The predicted molar refractivity (Wildman–Crippen MR) is 126 cm³/mol. The first kappa shape index (κ1) is 21.9. The van der Waals surface area contributed by atoms with Crippen LogP contribution in [0.2, 0.25) is 5.02 Å². The lowest BCUT2D eigenvalue weighted by molar-refractivity contribution is -0.392. The number of nitrogens with zero attached hydrogens (tertiary/aromatic N) is 5. The third-order valence-corrected chi connectivity index (χ3v) is 6.04. The lowest BCUT2D eigenvalue weighted by atomic mass is 10.0. The number of aryl methyl sites for hydroxylation is 1. The van der Waals surface area contributed by atoms with Gasteiger partial charge in [0.25, 0.3) is 0 Å². The van der Waals surface area contributed by atoms with E-state index in [1.54, 1.807) is 6.92 Å². The van der Waals surface area contributed by atoms with Gasteiger partial charge in [-0.2, -0.15) is 4.57 Å². The molecule has 1 atom stereocenters. The Balaban J connectivity index is 1.55. The standard InChI is InChI=1S/C24H24ClN5O2/c1-19-26-18-24(30(31)32)29(19)13-7-12-23(21-10-5-6-11-22(21)25)28-16-14-27(15-17-28)20-8-3-2-4-9-20/h2-6,8-11,18,23H,13-17H2,1H3. The van der Waals surface area contributed by atoms with Gasteiger partial charge in [0.15, 0.2) is 12.4 Å². The maximum absolute atomic E-state index is 11.3. The van der Waals surface area contributed by atoms with Crippen molar-refractivity contribution in [1.82, 2.24) is 14.5 Å². The fraction of sp³-hybridized carbons (Fsp3) is 0.292. The Morgan fingerprint density at radius 1 is 1.09 bits per heavy atom. The quantitative estimate of drug-likeness (QED) is 0.329. The molecule has 0 amide bonds. The molecule has 164 valence electrons. The zero-order chi connectivity index (χ0) is 22.5. The van der Waals surface area contributed by atoms with Crippen LogP contribution in [0.15, 0.2) is 60.8 Å². The Bertz CT molecular complexity index is 1140. The molecule has 32 heavy (non-hydrogen) atoms. The number of hydrogen-bond donors (Lipinski definition) is 0. The normalized spacial score (nSPS) is 15.1. The first-order valence-electron chi connectivity index (χ1n) is 10.5. The summed E-state index contributed by atoms with van der Waals surface area (Å²) in [6.45, 7) is 5.39. The third-order valence-electron chi connectivity index (χ3n) is 5.70. The van der Waals surface area contributed by atoms with Crippen molar-refractivity contribution in [3.05, 3.63) is 87.3 Å². The van der Waals surface area contributed by atoms with Crippen LogP contribution in [0.1, 0.15) is 17.4 Å². The number of anilines is 1. The van der Waals surface area contributed by atoms with Crippen LogP contribution in [0, 0.1) is 28.9 Å². The number of hydrogen-bond acceptors (Lipinski definition) is 5. The molecule has 1 aliphatic heterocycles. The van der Waals surface area contributed by atoms with Crippen LogP contribution in [0.3, 0.4) is 0 Å². The first-order chi connectivity index (χ1) is 15.5. The molecule has 4 rings (SSSR count). The Morgan fingerprint density at radius 3 is 2.47 bits per heavy atom. The van der Waals surface area contributed by atoms with Crippen LogP contribution in [-0.4, -0.2) is 45.6 Å². The van der Waals surface area contributed by atoms with Gasteiger partial charge in [0.05, 0.1) is 6.04 Å². The third kappa shape index (κ3) is 4.77. The minimum absolute atomic E-state index is 0.0532. The second kappa shape index (κ2) is 9.86. The summed E-state index contributed by atoms with van der Waals surface area (Å²) in [5.74, 6) is 6.99. The molecule has 1 unspecified atom stereocenters. The minimum atomic E-state index is -0.434. The number of halogens is 1. The Hall–Kier alpha value is -3.34. The van der Waals surface area contributed by atoms with Gasteiger partial charge in [-0.25, -0.2) is 4.98 Å². The van der Waals surface area contributed by atoms with E-state index in [0.717, 1.165) is 31.7 Å². The molecule has 0 radical (unpaired) electrons. The van der Waals surface area contributed by atoms with Gasteiger partial charge in [0.1, 0.15) is 6.20 Å². The summed E-state index contributed by atoms with van der Waals surface area (Å²) in [7, 11) is 0. The molecule has 1 aliphatic rings. The molecule has 8 heteroatoms. The topological polar surface area (TPSA) is 67.4 Å². The highest BCUT2D eigenvalue weighted by Gasteiger charge is 2.25. The summed E-state index contributed by atoms with van der Waals surface area (Å²) in [4.78, 5) is 19.6. The molecule has 2 heterocycles. The number of benzene rings is 2. The van der Waals surface area contributed by atoms with Crippen molar-refractivity contribution in [1.29, 1.82) is 0 Å². The van der Waals surface area contributed by atoms with Crippen molar-refractivity contribution in [2.45, 2.75) is 19.5 Å². The van der Waals surface area contributed by atoms with Crippen LogP contribution >= 0.6 is 11.6 Å². The number of nitro groups is 1. The van der Waals surface area contributed by atoms with Crippen molar-refractivity contribution in [3.8, 4) is 11.8 Å². The molecule has 0 spiro atoms. The predicted octanol–water partition coefficient (Wildman–Crippen LogP) is 4.32. The number of para-hydroxylation sites is 1. The highest BCUT2D eigenvalue weighted by Crippen LogP contribution is 2.29. The SMILES string of the molecule is Cc1ncc([N+](=O)[O-])n1CC#CC(c1ccccc1Cl)N1CCN(c2ccccc2)CC1. The smallest absolute Gasteiger partial charge is 0.343 e. The zero-order valence-electron chi connectivity index (χ0n) is 17.8. The number of aromatic nitrogens is 2. The van der Waals surface area contributed by atoms with Crippen LogP contribution in [0.5, 0.6) is 0 Å². The average molecular weight is 450 g/mol. The Labute approximate surface area is 192 Å². The van der Waals surface area contributed by atoms with E-state index in [9.17, 15) is 10.1 Å². The van der Waals surface area contributed by atoms with E-state index in [4.69, 9.17) is 11.6 Å². The summed E-state index contributed by atoms with van der Waals surface area (Å²) in [5.41, 5.74) is 2.17. The van der Waals surface area contributed by atoms with Crippen LogP contribution in [0.25, 0.3) is 0 Å². The Morgan fingerprint density at radius 2 is 1.78 bits per heavy atom. The maximum Gasteiger partial charge on any atom is 0.343 e. The summed E-state index contributed by atoms with van der Waals surface area (Å²) in [5, 5.41) is 11.9. The molecule has 0 bridgehead atoms. The second-order valence-corrected chi connectivity index (χ2v) is 8.02. The summed E-state index contributed by atoms with van der Waals surface area (Å²) in [6, 6.07) is 17.9. The highest BCUT2D eigenvalue weighted by molar-refractivity contribution is 6.31. The van der Waals surface area contributed by atoms with Gasteiger partial charge in [-0.3, -0.25) is 4.90 Å². The zero-order valence-corrected chi connectivity index (χ0v) is 18.6. The molecule has 0 N–H and O–H groups in total. The molecular formula is C24H24ClN5O2. The summed E-state index contributed by atoms with van der Waals surface area (Å²) in [6.07, 6.45) is 1.27. The van der Waals surface area contributed by atoms with E-state index in [2.05, 4.69) is 50.9 Å².